The van der Waals surface area contributed by atoms with Gasteiger partial charge >= 0.3 is 0 Å². The molecule has 4 nitrogen and oxygen atoms in total. The molecule has 1 heterocycles. The zero-order chi connectivity index (χ0) is 11.1. The third-order valence-electron chi connectivity index (χ3n) is 3.19. The standard InChI is InChI=1S/C10H14O4S/c1-2-14-9-7-8(11)10(9)3-5-15(12,13)6-4-10/h7H,2-6H2,1H3. The number of allylic oxidation sites excluding steroid dienone is 2. The number of hydrogen-bond donors (Lipinski definition) is 0. The first-order valence-corrected chi connectivity index (χ1v) is 6.92. The van der Waals surface area contributed by atoms with Crippen molar-refractivity contribution in [3.63, 3.8) is 0 Å². The van der Waals surface area contributed by atoms with Crippen molar-refractivity contribution < 1.29 is 17.9 Å². The molecule has 0 aromatic carbocycles. The minimum Gasteiger partial charge on any atom is -0.497 e. The van der Waals surface area contributed by atoms with Crippen molar-refractivity contribution in [2.45, 2.75) is 19.8 Å². The highest BCUT2D eigenvalue weighted by molar-refractivity contribution is 7.91. The fraction of sp³-hybridized carbons (Fsp3) is 0.700. The summed E-state index contributed by atoms with van der Waals surface area (Å²) in [5, 5.41) is 0. The summed E-state index contributed by atoms with van der Waals surface area (Å²) in [5.41, 5.74) is -0.596. The minimum atomic E-state index is -2.93. The molecule has 0 unspecified atom stereocenters. The highest BCUT2D eigenvalue weighted by Gasteiger charge is 2.52. The zero-order valence-electron chi connectivity index (χ0n) is 8.65. The SMILES string of the molecule is CCOC1=CC(=O)C12CCS(=O)(=O)CC2. The summed E-state index contributed by atoms with van der Waals surface area (Å²) < 4.78 is 27.9. The third kappa shape index (κ3) is 1.58. The van der Waals surface area contributed by atoms with E-state index in [-0.39, 0.29) is 17.3 Å². The molecule has 1 aliphatic carbocycles. The molecule has 0 aromatic rings. The Balaban J connectivity index is 2.17. The number of hydrogen-bond acceptors (Lipinski definition) is 4. The summed E-state index contributed by atoms with van der Waals surface area (Å²) in [5.74, 6) is 0.914. The minimum absolute atomic E-state index is 0.0286. The molecule has 0 aromatic heterocycles. The van der Waals surface area contributed by atoms with Crippen molar-refractivity contribution in [1.29, 1.82) is 0 Å². The van der Waals surface area contributed by atoms with Crippen molar-refractivity contribution in [3.8, 4) is 0 Å². The van der Waals surface area contributed by atoms with E-state index in [0.717, 1.165) is 0 Å². The van der Waals surface area contributed by atoms with Crippen LogP contribution in [0.1, 0.15) is 19.8 Å². The maximum atomic E-state index is 11.6. The molecule has 0 saturated carbocycles. The summed E-state index contributed by atoms with van der Waals surface area (Å²) in [7, 11) is -2.93. The molecular formula is C10H14O4S. The molecule has 2 aliphatic rings. The molecule has 0 N–H and O–H groups in total. The molecule has 0 amide bonds. The van der Waals surface area contributed by atoms with E-state index in [9.17, 15) is 13.2 Å². The molecule has 2 rings (SSSR count). The number of carbonyl (C=O) groups excluding carboxylic acids is 1. The second-order valence-corrected chi connectivity index (χ2v) is 6.34. The van der Waals surface area contributed by atoms with Gasteiger partial charge in [-0.15, -0.1) is 0 Å². The van der Waals surface area contributed by atoms with Gasteiger partial charge in [-0.1, -0.05) is 0 Å². The first-order valence-electron chi connectivity index (χ1n) is 5.10. The van der Waals surface area contributed by atoms with Crippen LogP contribution in [0.3, 0.4) is 0 Å². The van der Waals surface area contributed by atoms with E-state index in [0.29, 0.717) is 25.2 Å². The second kappa shape index (κ2) is 3.33. The summed E-state index contributed by atoms with van der Waals surface area (Å²) in [6.45, 7) is 2.38. The normalized spacial score (nSPS) is 27.0. The average molecular weight is 230 g/mol. The van der Waals surface area contributed by atoms with E-state index in [1.807, 2.05) is 6.92 Å². The fourth-order valence-electron chi connectivity index (χ4n) is 2.15. The Morgan fingerprint density at radius 2 is 2.00 bits per heavy atom. The van der Waals surface area contributed by atoms with Crippen molar-refractivity contribution >= 4 is 15.6 Å². The van der Waals surface area contributed by atoms with Gasteiger partial charge in [-0.25, -0.2) is 8.42 Å². The lowest BCUT2D eigenvalue weighted by atomic mass is 9.68. The van der Waals surface area contributed by atoms with Gasteiger partial charge in [0.05, 0.1) is 23.5 Å². The van der Waals surface area contributed by atoms with E-state index >= 15 is 0 Å². The average Bonchev–Trinajstić information content (AvgIpc) is 2.17. The van der Waals surface area contributed by atoms with E-state index in [2.05, 4.69) is 0 Å². The van der Waals surface area contributed by atoms with Crippen LogP contribution in [-0.4, -0.2) is 32.3 Å². The summed E-state index contributed by atoms with van der Waals surface area (Å²) in [4.78, 5) is 11.6. The zero-order valence-corrected chi connectivity index (χ0v) is 9.47. The Labute approximate surface area is 89.2 Å². The Morgan fingerprint density at radius 1 is 1.40 bits per heavy atom. The van der Waals surface area contributed by atoms with E-state index in [1.54, 1.807) is 0 Å². The topological polar surface area (TPSA) is 60.4 Å². The first kappa shape index (κ1) is 10.7. The lowest BCUT2D eigenvalue weighted by Gasteiger charge is -2.41. The number of rotatable bonds is 2. The van der Waals surface area contributed by atoms with Crippen LogP contribution in [0.2, 0.25) is 0 Å². The van der Waals surface area contributed by atoms with Gasteiger partial charge in [0.1, 0.15) is 15.6 Å². The van der Waals surface area contributed by atoms with Gasteiger partial charge in [-0.3, -0.25) is 4.79 Å². The van der Waals surface area contributed by atoms with Crippen molar-refractivity contribution in [2.75, 3.05) is 18.1 Å². The Bertz CT molecular complexity index is 405. The Morgan fingerprint density at radius 3 is 2.47 bits per heavy atom. The van der Waals surface area contributed by atoms with Crippen molar-refractivity contribution in [2.24, 2.45) is 5.41 Å². The second-order valence-electron chi connectivity index (χ2n) is 4.04. The third-order valence-corrected chi connectivity index (χ3v) is 4.84. The van der Waals surface area contributed by atoms with Gasteiger partial charge in [-0.05, 0) is 19.8 Å². The summed E-state index contributed by atoms with van der Waals surface area (Å²) in [6, 6.07) is 0. The molecule has 1 aliphatic heterocycles. The molecular weight excluding hydrogens is 216 g/mol. The van der Waals surface area contributed by atoms with Crippen LogP contribution >= 0.6 is 0 Å². The molecule has 0 bridgehead atoms. The van der Waals surface area contributed by atoms with Gasteiger partial charge in [0.15, 0.2) is 5.78 Å². The highest BCUT2D eigenvalue weighted by Crippen LogP contribution is 2.47. The van der Waals surface area contributed by atoms with E-state index in [1.165, 1.54) is 6.08 Å². The number of carbonyl (C=O) groups is 1. The molecule has 5 heteroatoms. The smallest absolute Gasteiger partial charge is 0.172 e. The molecule has 84 valence electrons. The van der Waals surface area contributed by atoms with Gasteiger partial charge in [0.2, 0.25) is 0 Å². The van der Waals surface area contributed by atoms with Crippen LogP contribution in [-0.2, 0) is 19.4 Å². The summed E-state index contributed by atoms with van der Waals surface area (Å²) in [6.07, 6.45) is 2.27. The van der Waals surface area contributed by atoms with E-state index in [4.69, 9.17) is 4.74 Å². The monoisotopic (exact) mass is 230 g/mol. The number of sulfone groups is 1. The lowest BCUT2D eigenvalue weighted by molar-refractivity contribution is -0.128. The van der Waals surface area contributed by atoms with Crippen LogP contribution in [0.15, 0.2) is 11.8 Å². The molecule has 0 radical (unpaired) electrons. The largest absolute Gasteiger partial charge is 0.497 e. The van der Waals surface area contributed by atoms with Crippen LogP contribution in [0.5, 0.6) is 0 Å². The molecule has 1 spiro atoms. The number of ether oxygens (including phenoxy) is 1. The van der Waals surface area contributed by atoms with E-state index < -0.39 is 15.3 Å². The fourth-order valence-corrected chi connectivity index (χ4v) is 3.68. The molecule has 15 heavy (non-hydrogen) atoms. The van der Waals surface area contributed by atoms with Crippen LogP contribution < -0.4 is 0 Å². The Hall–Kier alpha value is -0.840. The van der Waals surface area contributed by atoms with Gasteiger partial charge in [-0.2, -0.15) is 0 Å². The van der Waals surface area contributed by atoms with Crippen LogP contribution in [0.4, 0.5) is 0 Å². The maximum Gasteiger partial charge on any atom is 0.172 e. The van der Waals surface area contributed by atoms with Crippen molar-refractivity contribution in [3.05, 3.63) is 11.8 Å². The quantitative estimate of drug-likeness (QED) is 0.700. The van der Waals surface area contributed by atoms with Crippen LogP contribution in [0, 0.1) is 5.41 Å². The highest BCUT2D eigenvalue weighted by atomic mass is 32.2. The first-order chi connectivity index (χ1) is 7.00. The van der Waals surface area contributed by atoms with Gasteiger partial charge < -0.3 is 4.74 Å². The van der Waals surface area contributed by atoms with Gasteiger partial charge in [0, 0.05) is 6.08 Å². The molecule has 1 fully saturated rings. The Kier molecular flexibility index (Phi) is 2.37. The summed E-state index contributed by atoms with van der Waals surface area (Å²) >= 11 is 0. The predicted molar refractivity (Wildman–Crippen MR) is 55.0 cm³/mol. The predicted octanol–water partition coefficient (Wildman–Crippen LogP) is 0.685. The lowest BCUT2D eigenvalue weighted by Crippen LogP contribution is -2.47. The molecule has 1 saturated heterocycles. The van der Waals surface area contributed by atoms with Crippen molar-refractivity contribution in [1.82, 2.24) is 0 Å². The molecule has 0 atom stereocenters. The van der Waals surface area contributed by atoms with Crippen LogP contribution in [0.25, 0.3) is 0 Å². The maximum absolute atomic E-state index is 11.6. The number of ketones is 1. The van der Waals surface area contributed by atoms with Gasteiger partial charge in [0.25, 0.3) is 0 Å².